The topological polar surface area (TPSA) is 78.6 Å². The fourth-order valence-electron chi connectivity index (χ4n) is 2.30. The molecule has 0 radical (unpaired) electrons. The van der Waals surface area contributed by atoms with Gasteiger partial charge in [0.2, 0.25) is 0 Å². The monoisotopic (exact) mass is 215 g/mol. The number of nitrogens with one attached hydrogen (secondary N) is 1. The van der Waals surface area contributed by atoms with Crippen LogP contribution >= 0.6 is 0 Å². The normalized spacial score (nSPS) is 24.9. The number of aliphatic hydroxyl groups excluding tert-OH is 1. The first-order valence-corrected chi connectivity index (χ1v) is 5.61. The van der Waals surface area contributed by atoms with Gasteiger partial charge in [0.15, 0.2) is 0 Å². The molecule has 4 N–H and O–H groups in total. The van der Waals surface area contributed by atoms with Crippen LogP contribution in [0.2, 0.25) is 0 Å². The molecule has 1 amide bonds. The lowest BCUT2D eigenvalue weighted by molar-refractivity contribution is -0.128. The summed E-state index contributed by atoms with van der Waals surface area (Å²) in [6.07, 6.45) is 3.90. The zero-order chi connectivity index (χ0) is 11.3. The van der Waals surface area contributed by atoms with Gasteiger partial charge in [-0.2, -0.15) is 0 Å². The van der Waals surface area contributed by atoms with Gasteiger partial charge in [0.05, 0.1) is 12.6 Å². The van der Waals surface area contributed by atoms with Crippen LogP contribution < -0.4 is 11.3 Å². The van der Waals surface area contributed by atoms with Gasteiger partial charge in [-0.15, -0.1) is 0 Å². The van der Waals surface area contributed by atoms with Gasteiger partial charge in [-0.3, -0.25) is 15.1 Å². The lowest BCUT2D eigenvalue weighted by Crippen LogP contribution is -2.55. The fraction of sp³-hybridized carbons (Fsp3) is 0.900. The molecule has 0 bridgehead atoms. The lowest BCUT2D eigenvalue weighted by atomic mass is 9.99. The molecule has 0 aromatic carbocycles. The highest BCUT2D eigenvalue weighted by molar-refractivity contribution is 5.81. The van der Waals surface area contributed by atoms with Crippen molar-refractivity contribution in [3.05, 3.63) is 0 Å². The molecule has 0 aliphatic carbocycles. The van der Waals surface area contributed by atoms with Crippen molar-refractivity contribution in [2.24, 2.45) is 5.84 Å². The number of rotatable bonds is 4. The van der Waals surface area contributed by atoms with E-state index in [1.165, 1.54) is 0 Å². The zero-order valence-electron chi connectivity index (χ0n) is 9.28. The number of carbonyl (C=O) groups excluding carboxylic acids is 1. The molecule has 0 aromatic heterocycles. The van der Waals surface area contributed by atoms with Crippen LogP contribution in [0.15, 0.2) is 0 Å². The van der Waals surface area contributed by atoms with Gasteiger partial charge in [-0.25, -0.2) is 5.84 Å². The van der Waals surface area contributed by atoms with Gasteiger partial charge < -0.3 is 5.11 Å². The first kappa shape index (κ1) is 12.4. The molecular weight excluding hydrogens is 194 g/mol. The third-order valence-electron chi connectivity index (χ3n) is 3.12. The molecule has 2 atom stereocenters. The number of hydrogen-bond donors (Lipinski definition) is 3. The summed E-state index contributed by atoms with van der Waals surface area (Å²) in [5.41, 5.74) is 2.20. The number of nitrogens with zero attached hydrogens (tertiary/aromatic N) is 1. The van der Waals surface area contributed by atoms with E-state index < -0.39 is 0 Å². The van der Waals surface area contributed by atoms with Crippen LogP contribution in [0.3, 0.4) is 0 Å². The number of piperidine rings is 1. The summed E-state index contributed by atoms with van der Waals surface area (Å²) >= 11 is 0. The summed E-state index contributed by atoms with van der Waals surface area (Å²) in [5, 5.41) is 9.26. The smallest absolute Gasteiger partial charge is 0.251 e. The maximum Gasteiger partial charge on any atom is 0.251 e. The summed E-state index contributed by atoms with van der Waals surface area (Å²) in [4.78, 5) is 13.6. The SMILES string of the molecule is CCC(C(=O)NN)N1CCCCC1CO. The van der Waals surface area contributed by atoms with Crippen molar-refractivity contribution in [3.8, 4) is 0 Å². The third kappa shape index (κ3) is 2.90. The molecule has 1 aliphatic rings. The highest BCUT2D eigenvalue weighted by atomic mass is 16.3. The summed E-state index contributed by atoms with van der Waals surface area (Å²) in [6, 6.07) is -0.0894. The molecule has 1 rings (SSSR count). The number of carbonyl (C=O) groups is 1. The van der Waals surface area contributed by atoms with Crippen LogP contribution in [0, 0.1) is 0 Å². The van der Waals surface area contributed by atoms with E-state index in [0.717, 1.165) is 32.2 Å². The summed E-state index contributed by atoms with van der Waals surface area (Å²) < 4.78 is 0. The molecule has 15 heavy (non-hydrogen) atoms. The molecule has 1 fully saturated rings. The van der Waals surface area contributed by atoms with E-state index >= 15 is 0 Å². The van der Waals surface area contributed by atoms with Gasteiger partial charge >= 0.3 is 0 Å². The van der Waals surface area contributed by atoms with Crippen molar-refractivity contribution >= 4 is 5.91 Å². The highest BCUT2D eigenvalue weighted by Crippen LogP contribution is 2.20. The van der Waals surface area contributed by atoms with Gasteiger partial charge in [-0.1, -0.05) is 13.3 Å². The van der Waals surface area contributed by atoms with Crippen LogP contribution in [0.1, 0.15) is 32.6 Å². The predicted molar refractivity (Wildman–Crippen MR) is 57.8 cm³/mol. The Morgan fingerprint density at radius 3 is 2.93 bits per heavy atom. The first-order chi connectivity index (χ1) is 7.24. The Balaban J connectivity index is 2.67. The van der Waals surface area contributed by atoms with Crippen molar-refractivity contribution in [2.45, 2.75) is 44.7 Å². The number of aliphatic hydroxyl groups is 1. The Bertz CT molecular complexity index is 211. The van der Waals surface area contributed by atoms with Crippen LogP contribution in [0.25, 0.3) is 0 Å². The minimum Gasteiger partial charge on any atom is -0.395 e. The predicted octanol–water partition coefficient (Wildman–Crippen LogP) is -0.398. The van der Waals surface area contributed by atoms with E-state index in [0.29, 0.717) is 0 Å². The van der Waals surface area contributed by atoms with Crippen molar-refractivity contribution in [2.75, 3.05) is 13.2 Å². The van der Waals surface area contributed by atoms with Crippen molar-refractivity contribution in [1.82, 2.24) is 10.3 Å². The average Bonchev–Trinajstić information content (AvgIpc) is 2.30. The number of hydrogen-bond acceptors (Lipinski definition) is 4. The van der Waals surface area contributed by atoms with Crippen molar-refractivity contribution in [3.63, 3.8) is 0 Å². The summed E-state index contributed by atoms with van der Waals surface area (Å²) in [6.45, 7) is 2.95. The van der Waals surface area contributed by atoms with Crippen molar-refractivity contribution < 1.29 is 9.90 Å². The molecule has 2 unspecified atom stereocenters. The van der Waals surface area contributed by atoms with Crippen LogP contribution in [-0.4, -0.2) is 41.1 Å². The van der Waals surface area contributed by atoms with E-state index in [4.69, 9.17) is 5.84 Å². The molecule has 5 nitrogen and oxygen atoms in total. The Labute approximate surface area is 90.6 Å². The van der Waals surface area contributed by atoms with Gasteiger partial charge in [0.1, 0.15) is 0 Å². The second-order valence-electron chi connectivity index (χ2n) is 4.00. The average molecular weight is 215 g/mol. The Kier molecular flexibility index (Phi) is 5.01. The minimum absolute atomic E-state index is 0.112. The van der Waals surface area contributed by atoms with Crippen molar-refractivity contribution in [1.29, 1.82) is 0 Å². The van der Waals surface area contributed by atoms with Crippen LogP contribution in [0.4, 0.5) is 0 Å². The van der Waals surface area contributed by atoms with Crippen LogP contribution in [0.5, 0.6) is 0 Å². The fourth-order valence-corrected chi connectivity index (χ4v) is 2.30. The molecule has 1 heterocycles. The standard InChI is InChI=1S/C10H21N3O2/c1-2-9(10(15)12-11)13-6-4-3-5-8(13)7-14/h8-9,14H,2-7,11H2,1H3,(H,12,15). The lowest BCUT2D eigenvalue weighted by Gasteiger charge is -2.39. The zero-order valence-corrected chi connectivity index (χ0v) is 9.28. The largest absolute Gasteiger partial charge is 0.395 e. The van der Waals surface area contributed by atoms with E-state index in [2.05, 4.69) is 10.3 Å². The second-order valence-corrected chi connectivity index (χ2v) is 4.00. The quantitative estimate of drug-likeness (QED) is 0.339. The van der Waals surface area contributed by atoms with E-state index in [9.17, 15) is 9.90 Å². The summed E-state index contributed by atoms with van der Waals surface area (Å²) in [7, 11) is 0. The number of likely N-dealkylation sites (tertiary alicyclic amines) is 1. The van der Waals surface area contributed by atoms with Crippen LogP contribution in [-0.2, 0) is 4.79 Å². The highest BCUT2D eigenvalue weighted by Gasteiger charge is 2.31. The maximum absolute atomic E-state index is 11.5. The molecule has 0 aromatic rings. The molecule has 1 aliphatic heterocycles. The second kappa shape index (κ2) is 6.05. The Hall–Kier alpha value is -0.650. The molecule has 0 saturated carbocycles. The molecule has 5 heteroatoms. The third-order valence-corrected chi connectivity index (χ3v) is 3.12. The maximum atomic E-state index is 11.5. The number of nitrogens with two attached hydrogens (primary N) is 1. The Morgan fingerprint density at radius 2 is 2.40 bits per heavy atom. The number of hydrazine groups is 1. The number of amides is 1. The van der Waals surface area contributed by atoms with Gasteiger partial charge in [-0.05, 0) is 25.8 Å². The molecule has 1 saturated heterocycles. The van der Waals surface area contributed by atoms with E-state index in [1.807, 2.05) is 6.92 Å². The first-order valence-electron chi connectivity index (χ1n) is 5.61. The Morgan fingerprint density at radius 1 is 1.67 bits per heavy atom. The van der Waals surface area contributed by atoms with E-state index in [-0.39, 0.29) is 24.6 Å². The minimum atomic E-state index is -0.201. The molecule has 88 valence electrons. The van der Waals surface area contributed by atoms with Gasteiger partial charge in [0.25, 0.3) is 5.91 Å². The molecule has 0 spiro atoms. The van der Waals surface area contributed by atoms with Gasteiger partial charge in [0, 0.05) is 6.04 Å². The molecular formula is C10H21N3O2. The van der Waals surface area contributed by atoms with E-state index in [1.54, 1.807) is 0 Å². The summed E-state index contributed by atoms with van der Waals surface area (Å²) in [5.74, 6) is 5.00.